The van der Waals surface area contributed by atoms with Gasteiger partial charge in [-0.1, -0.05) is 0 Å². The maximum absolute atomic E-state index is 10.9. The van der Waals surface area contributed by atoms with Gasteiger partial charge < -0.3 is 45.8 Å². The van der Waals surface area contributed by atoms with Crippen LogP contribution in [0.2, 0.25) is 0 Å². The molecule has 15 nitrogen and oxygen atoms in total. The Morgan fingerprint density at radius 3 is 2.31 bits per heavy atom. The molecule has 180 valence electrons. The van der Waals surface area contributed by atoms with E-state index in [2.05, 4.69) is 4.52 Å². The monoisotopic (exact) mass is 483 g/mol. The van der Waals surface area contributed by atoms with Crippen molar-refractivity contribution in [1.82, 2.24) is 0 Å². The zero-order chi connectivity index (χ0) is 24.6. The van der Waals surface area contributed by atoms with E-state index >= 15 is 0 Å². The van der Waals surface area contributed by atoms with Crippen LogP contribution in [-0.4, -0.2) is 84.2 Å². The number of ether oxygens (including phenoxy) is 1. The third kappa shape index (κ3) is 8.94. The summed E-state index contributed by atoms with van der Waals surface area (Å²) in [5.41, 5.74) is 4.95. The molecule has 16 heteroatoms. The molecule has 0 radical (unpaired) electrons. The van der Waals surface area contributed by atoms with Gasteiger partial charge in [-0.2, -0.15) is 4.57 Å². The van der Waals surface area contributed by atoms with E-state index in [1.54, 1.807) is 0 Å². The summed E-state index contributed by atoms with van der Waals surface area (Å²) in [7, 11) is -4.73. The van der Waals surface area contributed by atoms with E-state index in [9.17, 15) is 29.2 Å². The Bertz CT molecular complexity index is 860. The molecule has 2 rings (SSSR count). The number of aromatic carboxylic acids is 1. The number of rotatable bonds is 9. The van der Waals surface area contributed by atoms with Crippen LogP contribution in [0.5, 0.6) is 0 Å². The fourth-order valence-corrected chi connectivity index (χ4v) is 2.80. The summed E-state index contributed by atoms with van der Waals surface area (Å²) in [6.45, 7) is -0.627. The lowest BCUT2D eigenvalue weighted by Gasteiger charge is -2.13. The Morgan fingerprint density at radius 1 is 1.19 bits per heavy atom. The molecule has 1 aliphatic rings. The first-order valence-corrected chi connectivity index (χ1v) is 10.4. The lowest BCUT2D eigenvalue weighted by atomic mass is 10.1. The number of aliphatic hydroxyl groups excluding tert-OH is 2. The normalized spacial score (nSPS) is 23.7. The molecule has 1 aliphatic heterocycles. The molecule has 0 spiro atoms. The van der Waals surface area contributed by atoms with Crippen LogP contribution in [0.25, 0.3) is 0 Å². The van der Waals surface area contributed by atoms with Gasteiger partial charge in [-0.3, -0.25) is 14.1 Å². The summed E-state index contributed by atoms with van der Waals surface area (Å²) in [5, 5.41) is 45.0. The Kier molecular flexibility index (Phi) is 10.3. The Labute approximate surface area is 180 Å². The minimum Gasteiger partial charge on any atom is -0.481 e. The van der Waals surface area contributed by atoms with E-state index < -0.39 is 62.9 Å². The van der Waals surface area contributed by atoms with Crippen molar-refractivity contribution in [2.24, 2.45) is 5.73 Å². The van der Waals surface area contributed by atoms with Gasteiger partial charge in [0.15, 0.2) is 18.5 Å². The highest BCUT2D eigenvalue weighted by molar-refractivity contribution is 7.46. The van der Waals surface area contributed by atoms with E-state index in [-0.39, 0.29) is 18.4 Å². The summed E-state index contributed by atoms with van der Waals surface area (Å²) in [6, 6.07) is 1.70. The SMILES string of the molecule is NC(CCC(=O)O)C(=O)O.O=C(O)c1ccc[n+]([C@@H]2O[C@H](COP(=O)(O)O)[C@@H](O)[C@H]2O)c1. The number of pyridine rings is 1. The highest BCUT2D eigenvalue weighted by Gasteiger charge is 2.48. The highest BCUT2D eigenvalue weighted by atomic mass is 31.2. The largest absolute Gasteiger partial charge is 0.481 e. The zero-order valence-corrected chi connectivity index (χ0v) is 17.3. The van der Waals surface area contributed by atoms with Gasteiger partial charge in [-0.15, -0.1) is 0 Å². The molecule has 5 atom stereocenters. The molecule has 1 aromatic heterocycles. The lowest BCUT2D eigenvalue weighted by Crippen LogP contribution is -2.46. The maximum atomic E-state index is 10.9. The molecule has 0 aromatic carbocycles. The molecule has 2 heterocycles. The Hall–Kier alpha value is -2.49. The van der Waals surface area contributed by atoms with Gasteiger partial charge in [-0.25, -0.2) is 9.36 Å². The number of nitrogens with zero attached hydrogens (tertiary/aromatic N) is 1. The molecule has 1 aromatic rings. The Morgan fingerprint density at radius 2 is 1.81 bits per heavy atom. The number of aliphatic hydroxyl groups is 2. The summed E-state index contributed by atoms with van der Waals surface area (Å²) < 4.78 is 21.4. The van der Waals surface area contributed by atoms with Crippen molar-refractivity contribution in [1.29, 1.82) is 0 Å². The molecule has 9 N–H and O–H groups in total. The highest BCUT2D eigenvalue weighted by Crippen LogP contribution is 2.37. The van der Waals surface area contributed by atoms with Gasteiger partial charge in [-0.05, 0) is 12.5 Å². The van der Waals surface area contributed by atoms with Crippen LogP contribution in [0.4, 0.5) is 0 Å². The number of carboxylic acid groups (broad SMARTS) is 3. The molecule has 32 heavy (non-hydrogen) atoms. The van der Waals surface area contributed by atoms with Crippen molar-refractivity contribution < 1.29 is 68.1 Å². The van der Waals surface area contributed by atoms with Crippen LogP contribution in [0.1, 0.15) is 29.4 Å². The second-order valence-corrected chi connectivity index (χ2v) is 7.79. The summed E-state index contributed by atoms with van der Waals surface area (Å²) in [5.74, 6) is -3.37. The van der Waals surface area contributed by atoms with Crippen molar-refractivity contribution in [3.05, 3.63) is 30.1 Å². The van der Waals surface area contributed by atoms with Crippen molar-refractivity contribution in [2.45, 2.75) is 43.4 Å². The molecule has 0 bridgehead atoms. The first-order valence-electron chi connectivity index (χ1n) is 8.89. The first-order chi connectivity index (χ1) is 14.7. The smallest absolute Gasteiger partial charge is 0.469 e. The topological polar surface area (TPSA) is 258 Å². The van der Waals surface area contributed by atoms with Crippen LogP contribution in [0.15, 0.2) is 24.5 Å². The van der Waals surface area contributed by atoms with Crippen LogP contribution in [0.3, 0.4) is 0 Å². The van der Waals surface area contributed by atoms with Crippen LogP contribution < -0.4 is 10.3 Å². The number of nitrogens with two attached hydrogens (primary N) is 1. The predicted molar refractivity (Wildman–Crippen MR) is 100.0 cm³/mol. The maximum Gasteiger partial charge on any atom is 0.469 e. The van der Waals surface area contributed by atoms with E-state index in [1.807, 2.05) is 0 Å². The van der Waals surface area contributed by atoms with Gasteiger partial charge in [0.05, 0.1) is 6.61 Å². The number of aromatic nitrogens is 1. The fraction of sp³-hybridized carbons (Fsp3) is 0.500. The lowest BCUT2D eigenvalue weighted by molar-refractivity contribution is -0.765. The van der Waals surface area contributed by atoms with Gasteiger partial charge in [0.1, 0.15) is 23.8 Å². The van der Waals surface area contributed by atoms with Crippen LogP contribution in [-0.2, 0) is 23.4 Å². The second-order valence-electron chi connectivity index (χ2n) is 6.55. The van der Waals surface area contributed by atoms with E-state index in [0.717, 1.165) is 0 Å². The fourth-order valence-electron chi connectivity index (χ4n) is 2.46. The summed E-state index contributed by atoms with van der Waals surface area (Å²) in [4.78, 5) is 48.0. The molecular weight excluding hydrogens is 459 g/mol. The van der Waals surface area contributed by atoms with Crippen molar-refractivity contribution in [2.75, 3.05) is 6.61 Å². The number of hydrogen-bond acceptors (Lipinski definition) is 9. The van der Waals surface area contributed by atoms with E-state index in [4.69, 9.17) is 35.6 Å². The molecule has 1 unspecified atom stereocenters. The van der Waals surface area contributed by atoms with Gasteiger partial charge >= 0.3 is 25.7 Å². The van der Waals surface area contributed by atoms with Crippen LogP contribution in [0, 0.1) is 0 Å². The number of aliphatic carboxylic acids is 2. The molecule has 0 amide bonds. The number of carboxylic acids is 3. The molecule has 1 saturated heterocycles. The summed E-state index contributed by atoms with van der Waals surface area (Å²) in [6.07, 6.45) is -2.74. The van der Waals surface area contributed by atoms with Crippen LogP contribution >= 0.6 is 7.82 Å². The summed E-state index contributed by atoms with van der Waals surface area (Å²) >= 11 is 0. The second kappa shape index (κ2) is 11.9. The van der Waals surface area contributed by atoms with Crippen molar-refractivity contribution >= 4 is 25.7 Å². The van der Waals surface area contributed by atoms with Gasteiger partial charge in [0.2, 0.25) is 0 Å². The molecular formula is C16H24N2O13P+. The van der Waals surface area contributed by atoms with Crippen molar-refractivity contribution in [3.8, 4) is 0 Å². The minimum atomic E-state index is -4.73. The van der Waals surface area contributed by atoms with Crippen molar-refractivity contribution in [3.63, 3.8) is 0 Å². The average molecular weight is 483 g/mol. The predicted octanol–water partition coefficient (Wildman–Crippen LogP) is -2.34. The average Bonchev–Trinajstić information content (AvgIpc) is 2.98. The van der Waals surface area contributed by atoms with Gasteiger partial charge in [0.25, 0.3) is 6.23 Å². The third-order valence-electron chi connectivity index (χ3n) is 4.09. The first kappa shape index (κ1) is 27.5. The van der Waals surface area contributed by atoms with E-state index in [1.165, 1.54) is 29.1 Å². The standard InChI is InChI=1S/C11H14NO9P.C5H9NO4/c13-8-7(5-20-22(17,18)19)21-10(9(8)14)12-3-1-2-6(4-12)11(15)16;6-3(5(9)10)1-2-4(7)8/h1-4,7-10,13-14H,5H2,(H2-,15,16,17,18,19);3H,1-2,6H2,(H,7,8)(H,9,10)/p+1/t7-,8-,9-,10-;/m1./s1. The molecule has 0 saturated carbocycles. The van der Waals surface area contributed by atoms with Gasteiger partial charge in [0, 0.05) is 12.5 Å². The zero-order valence-electron chi connectivity index (χ0n) is 16.4. The molecule has 0 aliphatic carbocycles. The minimum absolute atomic E-state index is 0.0231. The molecule has 1 fully saturated rings. The number of hydrogen-bond donors (Lipinski definition) is 8. The quantitative estimate of drug-likeness (QED) is 0.135. The number of phosphoric ester groups is 1. The number of carbonyl (C=O) groups is 3. The van der Waals surface area contributed by atoms with E-state index in [0.29, 0.717) is 0 Å². The third-order valence-corrected chi connectivity index (χ3v) is 4.58. The Balaban J connectivity index is 0.000000433. The number of phosphoric acid groups is 1.